The molecular formula is C12H14BrClN2O2. The number of nitrogens with zero attached hydrogens (tertiary/aromatic N) is 1. The van der Waals surface area contributed by atoms with Crippen LogP contribution in [0.3, 0.4) is 0 Å². The van der Waals surface area contributed by atoms with Crippen LogP contribution in [-0.4, -0.2) is 28.1 Å². The van der Waals surface area contributed by atoms with E-state index in [0.717, 1.165) is 25.7 Å². The summed E-state index contributed by atoms with van der Waals surface area (Å²) in [6.45, 7) is 0. The van der Waals surface area contributed by atoms with Gasteiger partial charge in [-0.1, -0.05) is 24.4 Å². The molecule has 2 N–H and O–H groups in total. The van der Waals surface area contributed by atoms with Gasteiger partial charge < -0.3 is 10.4 Å². The second-order valence-corrected chi connectivity index (χ2v) is 5.70. The molecule has 0 spiro atoms. The van der Waals surface area contributed by atoms with Crippen LogP contribution in [0, 0.1) is 0 Å². The van der Waals surface area contributed by atoms with Crippen molar-refractivity contribution in [2.24, 2.45) is 0 Å². The van der Waals surface area contributed by atoms with E-state index < -0.39 is 6.10 Å². The first-order chi connectivity index (χ1) is 8.58. The molecule has 1 heterocycles. The van der Waals surface area contributed by atoms with Gasteiger partial charge in [-0.15, -0.1) is 0 Å². The molecule has 98 valence electrons. The van der Waals surface area contributed by atoms with E-state index in [4.69, 9.17) is 11.6 Å². The number of halogens is 2. The highest BCUT2D eigenvalue weighted by Crippen LogP contribution is 2.21. The third-order valence-electron chi connectivity index (χ3n) is 3.10. The molecule has 18 heavy (non-hydrogen) atoms. The van der Waals surface area contributed by atoms with E-state index in [-0.39, 0.29) is 17.1 Å². The van der Waals surface area contributed by atoms with Crippen molar-refractivity contribution in [3.63, 3.8) is 0 Å². The van der Waals surface area contributed by atoms with Gasteiger partial charge in [0.05, 0.1) is 17.7 Å². The first-order valence-electron chi connectivity index (χ1n) is 5.88. The molecule has 1 aliphatic rings. The number of aliphatic hydroxyl groups is 1. The molecule has 1 amide bonds. The number of pyridine rings is 1. The molecule has 2 atom stereocenters. The topological polar surface area (TPSA) is 62.2 Å². The smallest absolute Gasteiger partial charge is 0.254 e. The Morgan fingerprint density at radius 2 is 2.22 bits per heavy atom. The van der Waals surface area contributed by atoms with Crippen molar-refractivity contribution in [1.29, 1.82) is 0 Å². The Hall–Kier alpha value is -0.650. The number of hydrogen-bond acceptors (Lipinski definition) is 3. The Kier molecular flexibility index (Phi) is 4.59. The lowest BCUT2D eigenvalue weighted by atomic mass is 9.92. The van der Waals surface area contributed by atoms with Gasteiger partial charge in [0.15, 0.2) is 0 Å². The van der Waals surface area contributed by atoms with Gasteiger partial charge in [-0.2, -0.15) is 0 Å². The fraction of sp³-hybridized carbons (Fsp3) is 0.500. The van der Waals surface area contributed by atoms with Gasteiger partial charge in [-0.25, -0.2) is 4.98 Å². The van der Waals surface area contributed by atoms with E-state index in [1.54, 1.807) is 6.07 Å². The highest BCUT2D eigenvalue weighted by molar-refractivity contribution is 9.10. The molecule has 0 unspecified atom stereocenters. The van der Waals surface area contributed by atoms with Gasteiger partial charge in [-0.3, -0.25) is 4.79 Å². The van der Waals surface area contributed by atoms with Crippen LogP contribution in [0.4, 0.5) is 0 Å². The minimum Gasteiger partial charge on any atom is -0.391 e. The predicted molar refractivity (Wildman–Crippen MR) is 72.7 cm³/mol. The second-order valence-electron chi connectivity index (χ2n) is 4.42. The van der Waals surface area contributed by atoms with Crippen molar-refractivity contribution in [1.82, 2.24) is 10.3 Å². The zero-order valence-corrected chi connectivity index (χ0v) is 12.0. The van der Waals surface area contributed by atoms with Crippen LogP contribution in [-0.2, 0) is 0 Å². The first-order valence-corrected chi connectivity index (χ1v) is 7.05. The Balaban J connectivity index is 2.09. The van der Waals surface area contributed by atoms with E-state index in [9.17, 15) is 9.90 Å². The highest BCUT2D eigenvalue weighted by atomic mass is 79.9. The molecule has 0 aromatic carbocycles. The molecule has 6 heteroatoms. The van der Waals surface area contributed by atoms with Crippen LogP contribution >= 0.6 is 27.5 Å². The Bertz CT molecular complexity index is 456. The van der Waals surface area contributed by atoms with Gasteiger partial charge in [0.2, 0.25) is 0 Å². The van der Waals surface area contributed by atoms with Crippen molar-refractivity contribution in [2.75, 3.05) is 0 Å². The molecule has 1 aliphatic carbocycles. The number of hydrogen-bond donors (Lipinski definition) is 2. The van der Waals surface area contributed by atoms with Gasteiger partial charge in [-0.05, 0) is 34.8 Å². The highest BCUT2D eigenvalue weighted by Gasteiger charge is 2.25. The van der Waals surface area contributed by atoms with E-state index in [1.807, 2.05) is 0 Å². The number of rotatable bonds is 2. The maximum Gasteiger partial charge on any atom is 0.254 e. The van der Waals surface area contributed by atoms with Gasteiger partial charge >= 0.3 is 0 Å². The summed E-state index contributed by atoms with van der Waals surface area (Å²) in [5.41, 5.74) is 0.323. The maximum absolute atomic E-state index is 12.1. The largest absolute Gasteiger partial charge is 0.391 e. The lowest BCUT2D eigenvalue weighted by Gasteiger charge is -2.28. The van der Waals surface area contributed by atoms with Crippen molar-refractivity contribution in [3.8, 4) is 0 Å². The van der Waals surface area contributed by atoms with Crippen LogP contribution in [0.15, 0.2) is 16.7 Å². The molecule has 0 bridgehead atoms. The molecule has 0 radical (unpaired) electrons. The van der Waals surface area contributed by atoms with Crippen molar-refractivity contribution in [3.05, 3.63) is 27.5 Å². The van der Waals surface area contributed by atoms with E-state index in [2.05, 4.69) is 26.2 Å². The summed E-state index contributed by atoms with van der Waals surface area (Å²) in [6.07, 6.45) is 4.62. The number of carbonyl (C=O) groups excluding carboxylic acids is 1. The Morgan fingerprint density at radius 1 is 1.50 bits per heavy atom. The molecule has 1 fully saturated rings. The molecule has 0 aliphatic heterocycles. The minimum absolute atomic E-state index is 0.168. The van der Waals surface area contributed by atoms with E-state index in [0.29, 0.717) is 10.0 Å². The van der Waals surface area contributed by atoms with Crippen LogP contribution in [0.2, 0.25) is 5.15 Å². The number of nitrogens with one attached hydrogen (secondary N) is 1. The summed E-state index contributed by atoms with van der Waals surface area (Å²) in [7, 11) is 0. The van der Waals surface area contributed by atoms with Crippen LogP contribution in [0.1, 0.15) is 36.0 Å². The second kappa shape index (κ2) is 5.99. The molecule has 2 rings (SSSR count). The van der Waals surface area contributed by atoms with Crippen molar-refractivity contribution in [2.45, 2.75) is 37.8 Å². The normalized spacial score (nSPS) is 23.7. The SMILES string of the molecule is O=C(N[C@@H]1CCCC[C@H]1O)c1cc(Br)cnc1Cl. The summed E-state index contributed by atoms with van der Waals surface area (Å²) < 4.78 is 0.696. The summed E-state index contributed by atoms with van der Waals surface area (Å²) >= 11 is 9.14. The summed E-state index contributed by atoms with van der Waals surface area (Å²) in [6, 6.07) is 1.43. The Labute approximate surface area is 119 Å². The summed E-state index contributed by atoms with van der Waals surface area (Å²) in [4.78, 5) is 16.0. The average Bonchev–Trinajstić information content (AvgIpc) is 2.35. The van der Waals surface area contributed by atoms with Crippen LogP contribution in [0.5, 0.6) is 0 Å². The number of amides is 1. The predicted octanol–water partition coefficient (Wildman–Crippen LogP) is 2.53. The Morgan fingerprint density at radius 3 is 2.94 bits per heavy atom. The van der Waals surface area contributed by atoms with Gasteiger partial charge in [0.1, 0.15) is 5.15 Å². The summed E-state index contributed by atoms with van der Waals surface area (Å²) in [5.74, 6) is -0.292. The first kappa shape index (κ1) is 13.8. The monoisotopic (exact) mass is 332 g/mol. The molecule has 1 aromatic rings. The molecule has 4 nitrogen and oxygen atoms in total. The fourth-order valence-corrected chi connectivity index (χ4v) is 2.63. The average molecular weight is 334 g/mol. The van der Waals surface area contributed by atoms with Crippen LogP contribution in [0.25, 0.3) is 0 Å². The van der Waals surface area contributed by atoms with E-state index >= 15 is 0 Å². The molecular weight excluding hydrogens is 320 g/mol. The van der Waals surface area contributed by atoms with Crippen molar-refractivity contribution < 1.29 is 9.90 Å². The van der Waals surface area contributed by atoms with Gasteiger partial charge in [0, 0.05) is 10.7 Å². The third kappa shape index (κ3) is 3.22. The fourth-order valence-electron chi connectivity index (χ4n) is 2.11. The maximum atomic E-state index is 12.1. The van der Waals surface area contributed by atoms with Crippen molar-refractivity contribution >= 4 is 33.4 Å². The third-order valence-corrected chi connectivity index (χ3v) is 3.83. The number of aliphatic hydroxyl groups excluding tert-OH is 1. The van der Waals surface area contributed by atoms with E-state index in [1.165, 1.54) is 6.20 Å². The molecule has 0 saturated heterocycles. The molecule has 1 aromatic heterocycles. The zero-order chi connectivity index (χ0) is 13.1. The van der Waals surface area contributed by atoms with Gasteiger partial charge in [0.25, 0.3) is 5.91 Å². The van der Waals surface area contributed by atoms with Crippen LogP contribution < -0.4 is 5.32 Å². The minimum atomic E-state index is -0.471. The number of aromatic nitrogens is 1. The molecule has 1 saturated carbocycles. The zero-order valence-electron chi connectivity index (χ0n) is 9.70. The number of carbonyl (C=O) groups is 1. The lowest BCUT2D eigenvalue weighted by molar-refractivity contribution is 0.0717. The summed E-state index contributed by atoms with van der Waals surface area (Å²) in [5, 5.41) is 12.8. The lowest BCUT2D eigenvalue weighted by Crippen LogP contribution is -2.45. The quantitative estimate of drug-likeness (QED) is 0.818. The standard InChI is InChI=1S/C12H14BrClN2O2/c13-7-5-8(11(14)15-6-7)12(18)16-9-3-1-2-4-10(9)17/h5-6,9-10,17H,1-4H2,(H,16,18)/t9-,10-/m1/s1.